The van der Waals surface area contributed by atoms with Gasteiger partial charge < -0.3 is 14.8 Å². The maximum absolute atomic E-state index is 12.3. The van der Waals surface area contributed by atoms with Crippen molar-refractivity contribution in [2.24, 2.45) is 0 Å². The Bertz CT molecular complexity index is 778. The molecule has 24 heavy (non-hydrogen) atoms. The largest absolute Gasteiger partial charge is 0.513 e. The summed E-state index contributed by atoms with van der Waals surface area (Å²) in [5.74, 6) is 0.117. The summed E-state index contributed by atoms with van der Waals surface area (Å²) in [6.07, 6.45) is 3.19. The van der Waals surface area contributed by atoms with Crippen molar-refractivity contribution in [3.05, 3.63) is 28.6 Å². The number of nitrogens with zero attached hydrogens (tertiary/aromatic N) is 1. The quantitative estimate of drug-likeness (QED) is 0.480. The Morgan fingerprint density at radius 3 is 2.75 bits per heavy atom. The Morgan fingerprint density at radius 2 is 2.04 bits per heavy atom. The number of amides is 1. The third kappa shape index (κ3) is 3.95. The van der Waals surface area contributed by atoms with E-state index < -0.39 is 17.7 Å². The average Bonchev–Trinajstić information content (AvgIpc) is 2.92. The fourth-order valence-corrected chi connectivity index (χ4v) is 2.29. The second kappa shape index (κ2) is 8.19. The summed E-state index contributed by atoms with van der Waals surface area (Å²) in [4.78, 5) is 35.7. The molecule has 0 fully saturated rings. The van der Waals surface area contributed by atoms with Crippen LogP contribution in [0.15, 0.2) is 23.0 Å². The van der Waals surface area contributed by atoms with Crippen LogP contribution in [0.5, 0.6) is 5.75 Å². The molecule has 0 aliphatic heterocycles. The molecule has 0 unspecified atom stereocenters. The third-order valence-corrected chi connectivity index (χ3v) is 3.55. The standard InChI is InChI=1S/C16H21N3O5/c1-3-4-5-6-10-17-15(21)19-14(20)11-8-7-9-12(13(11)18-19)24-16(22)23-2/h7-9,18H,3-6,10H2,1-2H3,(H,17,21). The number of carbonyl (C=O) groups excluding carboxylic acids is 2. The number of aromatic nitrogens is 2. The predicted octanol–water partition coefficient (Wildman–Crippen LogP) is 2.61. The van der Waals surface area contributed by atoms with Crippen LogP contribution in [0.25, 0.3) is 10.9 Å². The van der Waals surface area contributed by atoms with E-state index >= 15 is 0 Å². The van der Waals surface area contributed by atoms with E-state index in [-0.39, 0.29) is 16.7 Å². The number of benzene rings is 1. The van der Waals surface area contributed by atoms with Gasteiger partial charge in [-0.05, 0) is 18.6 Å². The molecule has 0 radical (unpaired) electrons. The van der Waals surface area contributed by atoms with Crippen molar-refractivity contribution in [2.45, 2.75) is 32.6 Å². The maximum atomic E-state index is 12.3. The number of hydrogen-bond donors (Lipinski definition) is 2. The lowest BCUT2D eigenvalue weighted by Gasteiger charge is -2.04. The summed E-state index contributed by atoms with van der Waals surface area (Å²) in [5.41, 5.74) is -0.250. The number of methoxy groups -OCH3 is 1. The highest BCUT2D eigenvalue weighted by atomic mass is 16.7. The van der Waals surface area contributed by atoms with E-state index in [0.717, 1.165) is 30.4 Å². The van der Waals surface area contributed by atoms with Gasteiger partial charge in [-0.3, -0.25) is 9.89 Å². The molecule has 1 aromatic carbocycles. The molecule has 1 aromatic heterocycles. The first-order valence-corrected chi connectivity index (χ1v) is 7.86. The van der Waals surface area contributed by atoms with Gasteiger partial charge in [-0.25, -0.2) is 9.59 Å². The van der Waals surface area contributed by atoms with Crippen LogP contribution in [-0.2, 0) is 4.74 Å². The molecule has 2 rings (SSSR count). The Morgan fingerprint density at radius 1 is 1.25 bits per heavy atom. The van der Waals surface area contributed by atoms with Gasteiger partial charge in [0.1, 0.15) is 5.52 Å². The van der Waals surface area contributed by atoms with Gasteiger partial charge in [-0.2, -0.15) is 4.68 Å². The summed E-state index contributed by atoms with van der Waals surface area (Å²) in [7, 11) is 1.18. The lowest BCUT2D eigenvalue weighted by Crippen LogP contribution is -2.35. The molecule has 130 valence electrons. The molecule has 0 saturated carbocycles. The van der Waals surface area contributed by atoms with E-state index in [1.54, 1.807) is 12.1 Å². The van der Waals surface area contributed by atoms with E-state index in [2.05, 4.69) is 22.1 Å². The normalized spacial score (nSPS) is 10.6. The first-order valence-electron chi connectivity index (χ1n) is 7.86. The van der Waals surface area contributed by atoms with Crippen LogP contribution in [0.3, 0.4) is 0 Å². The number of hydrogen-bond acceptors (Lipinski definition) is 5. The van der Waals surface area contributed by atoms with E-state index in [0.29, 0.717) is 6.54 Å². The molecule has 0 aliphatic rings. The predicted molar refractivity (Wildman–Crippen MR) is 88.5 cm³/mol. The number of para-hydroxylation sites is 1. The van der Waals surface area contributed by atoms with Crippen LogP contribution in [0.2, 0.25) is 0 Å². The minimum absolute atomic E-state index is 0.117. The Hall–Kier alpha value is -2.77. The lowest BCUT2D eigenvalue weighted by atomic mass is 10.2. The van der Waals surface area contributed by atoms with Crippen LogP contribution in [0.1, 0.15) is 32.6 Å². The monoisotopic (exact) mass is 335 g/mol. The molecule has 2 aromatic rings. The van der Waals surface area contributed by atoms with Crippen molar-refractivity contribution in [3.8, 4) is 5.75 Å². The van der Waals surface area contributed by atoms with E-state index in [1.165, 1.54) is 13.2 Å². The minimum Gasteiger partial charge on any atom is -0.437 e. The molecule has 8 heteroatoms. The number of unbranched alkanes of at least 4 members (excludes halogenated alkanes) is 3. The molecule has 0 bridgehead atoms. The van der Waals surface area contributed by atoms with E-state index in [9.17, 15) is 14.4 Å². The van der Waals surface area contributed by atoms with Gasteiger partial charge in [0, 0.05) is 6.54 Å². The van der Waals surface area contributed by atoms with Gasteiger partial charge in [0.05, 0.1) is 12.5 Å². The molecular weight excluding hydrogens is 314 g/mol. The molecule has 0 saturated heterocycles. The fourth-order valence-electron chi connectivity index (χ4n) is 2.29. The van der Waals surface area contributed by atoms with Crippen molar-refractivity contribution >= 4 is 23.1 Å². The lowest BCUT2D eigenvalue weighted by molar-refractivity contribution is 0.122. The van der Waals surface area contributed by atoms with Crippen LogP contribution >= 0.6 is 0 Å². The number of carbonyl (C=O) groups is 2. The molecule has 1 amide bonds. The fraction of sp³-hybridized carbons (Fsp3) is 0.438. The van der Waals surface area contributed by atoms with E-state index in [4.69, 9.17) is 4.74 Å². The smallest absolute Gasteiger partial charge is 0.437 e. The maximum Gasteiger partial charge on any atom is 0.513 e. The number of H-pyrrole nitrogens is 1. The van der Waals surface area contributed by atoms with E-state index in [1.807, 2.05) is 0 Å². The molecule has 1 heterocycles. The van der Waals surface area contributed by atoms with Gasteiger partial charge >= 0.3 is 12.2 Å². The topological polar surface area (TPSA) is 102 Å². The molecular formula is C16H21N3O5. The summed E-state index contributed by atoms with van der Waals surface area (Å²) in [6, 6.07) is 4.06. The molecule has 2 N–H and O–H groups in total. The first-order chi connectivity index (χ1) is 11.6. The van der Waals surface area contributed by atoms with Crippen molar-refractivity contribution in [1.29, 1.82) is 0 Å². The minimum atomic E-state index is -0.906. The molecule has 0 spiro atoms. The second-order valence-corrected chi connectivity index (χ2v) is 5.28. The Labute approximate surface area is 138 Å². The highest BCUT2D eigenvalue weighted by Crippen LogP contribution is 2.21. The first kappa shape index (κ1) is 17.6. The van der Waals surface area contributed by atoms with Crippen molar-refractivity contribution in [3.63, 3.8) is 0 Å². The van der Waals surface area contributed by atoms with Gasteiger partial charge in [0.25, 0.3) is 5.56 Å². The Balaban J connectivity index is 2.18. The molecule has 8 nitrogen and oxygen atoms in total. The van der Waals surface area contributed by atoms with Crippen molar-refractivity contribution < 1.29 is 19.1 Å². The van der Waals surface area contributed by atoms with Crippen molar-refractivity contribution in [2.75, 3.05) is 13.7 Å². The number of fused-ring (bicyclic) bond motifs is 1. The third-order valence-electron chi connectivity index (χ3n) is 3.55. The summed E-state index contributed by atoms with van der Waals surface area (Å²) in [5, 5.41) is 5.61. The molecule has 0 aliphatic carbocycles. The van der Waals surface area contributed by atoms with Crippen LogP contribution in [-0.4, -0.2) is 35.6 Å². The highest BCUT2D eigenvalue weighted by Gasteiger charge is 2.17. The van der Waals surface area contributed by atoms with Gasteiger partial charge in [-0.15, -0.1) is 0 Å². The van der Waals surface area contributed by atoms with Crippen LogP contribution in [0.4, 0.5) is 9.59 Å². The van der Waals surface area contributed by atoms with Gasteiger partial charge in [0.2, 0.25) is 0 Å². The number of nitrogens with one attached hydrogen (secondary N) is 2. The zero-order valence-electron chi connectivity index (χ0n) is 13.8. The zero-order chi connectivity index (χ0) is 17.5. The number of ether oxygens (including phenoxy) is 2. The average molecular weight is 335 g/mol. The van der Waals surface area contributed by atoms with Crippen LogP contribution < -0.4 is 15.6 Å². The number of rotatable bonds is 6. The summed E-state index contributed by atoms with van der Waals surface area (Å²) in [6.45, 7) is 2.60. The summed E-state index contributed by atoms with van der Waals surface area (Å²) >= 11 is 0. The second-order valence-electron chi connectivity index (χ2n) is 5.28. The SMILES string of the molecule is CCCCCCNC(=O)n1[nH]c2c(OC(=O)OC)cccc2c1=O. The molecule has 0 atom stereocenters. The van der Waals surface area contributed by atoms with Crippen LogP contribution in [0, 0.1) is 0 Å². The number of aromatic amines is 1. The zero-order valence-corrected chi connectivity index (χ0v) is 13.8. The highest BCUT2D eigenvalue weighted by molar-refractivity contribution is 5.89. The van der Waals surface area contributed by atoms with Gasteiger partial charge in [0.15, 0.2) is 5.75 Å². The van der Waals surface area contributed by atoms with Gasteiger partial charge in [-0.1, -0.05) is 32.3 Å². The summed E-state index contributed by atoms with van der Waals surface area (Å²) < 4.78 is 10.3. The Kier molecular flexibility index (Phi) is 6.00. The van der Waals surface area contributed by atoms with Crippen molar-refractivity contribution in [1.82, 2.24) is 15.1 Å².